The molecular weight excluding hydrogens is 306 g/mol. The normalized spacial score (nSPS) is 14.0. The minimum Gasteiger partial charge on any atom is -0.346 e. The van der Waals surface area contributed by atoms with Gasteiger partial charge in [0.15, 0.2) is 0 Å². The molecule has 0 aromatic carbocycles. The van der Waals surface area contributed by atoms with Gasteiger partial charge in [-0.15, -0.1) is 0 Å². The fourth-order valence-corrected chi connectivity index (χ4v) is 2.73. The first-order chi connectivity index (χ1) is 11.6. The molecule has 2 N–H and O–H groups in total. The summed E-state index contributed by atoms with van der Waals surface area (Å²) in [7, 11) is 0. The van der Waals surface area contributed by atoms with Gasteiger partial charge in [-0.05, 0) is 31.4 Å². The summed E-state index contributed by atoms with van der Waals surface area (Å²) >= 11 is 0. The van der Waals surface area contributed by atoms with Crippen LogP contribution < -0.4 is 10.9 Å². The van der Waals surface area contributed by atoms with Crippen molar-refractivity contribution in [2.75, 3.05) is 0 Å². The summed E-state index contributed by atoms with van der Waals surface area (Å²) < 4.78 is 1.92. The summed E-state index contributed by atoms with van der Waals surface area (Å²) in [6.07, 6.45) is 7.07. The quantitative estimate of drug-likeness (QED) is 0.761. The number of hydrogen-bond acceptors (Lipinski definition) is 4. The number of imidazole rings is 1. The second-order valence-corrected chi connectivity index (χ2v) is 6.10. The smallest absolute Gasteiger partial charge is 0.263 e. The number of hydrogen-bond donors (Lipinski definition) is 2. The molecule has 4 rings (SSSR count). The molecule has 1 aliphatic rings. The Morgan fingerprint density at radius 2 is 2.21 bits per heavy atom. The third-order valence-electron chi connectivity index (χ3n) is 4.27. The van der Waals surface area contributed by atoms with Crippen LogP contribution in [0.4, 0.5) is 0 Å². The summed E-state index contributed by atoms with van der Waals surface area (Å²) in [6.45, 7) is 2.27. The lowest BCUT2D eigenvalue weighted by Gasteiger charge is -2.06. The maximum Gasteiger partial charge on any atom is 0.263 e. The van der Waals surface area contributed by atoms with Crippen molar-refractivity contribution in [3.63, 3.8) is 0 Å². The second-order valence-electron chi connectivity index (χ2n) is 6.10. The van der Waals surface area contributed by atoms with Crippen molar-refractivity contribution < 1.29 is 4.79 Å². The standard InChI is InChI=1S/C17H17N5O2/c1-10-3-2-6-22-12(7-19-15(10)22)8-20-16(23)13-9-18-14(11-4-5-11)21-17(13)24/h2-3,6-7,9,11H,4-5,8H2,1H3,(H,20,23)(H,18,21,24). The fraction of sp³-hybridized carbons (Fsp3) is 0.294. The van der Waals surface area contributed by atoms with Gasteiger partial charge in [-0.2, -0.15) is 0 Å². The van der Waals surface area contributed by atoms with E-state index >= 15 is 0 Å². The minimum absolute atomic E-state index is 0.0319. The van der Waals surface area contributed by atoms with E-state index in [4.69, 9.17) is 0 Å². The lowest BCUT2D eigenvalue weighted by atomic mass is 10.3. The first-order valence-electron chi connectivity index (χ1n) is 7.92. The minimum atomic E-state index is -0.436. The van der Waals surface area contributed by atoms with Crippen LogP contribution in [0.5, 0.6) is 0 Å². The SMILES string of the molecule is Cc1cccn2c(CNC(=O)c3cnc(C4CC4)[nH]c3=O)cnc12. The van der Waals surface area contributed by atoms with Crippen LogP contribution >= 0.6 is 0 Å². The number of rotatable bonds is 4. The van der Waals surface area contributed by atoms with Crippen LogP contribution in [0.3, 0.4) is 0 Å². The number of aromatic nitrogens is 4. The topological polar surface area (TPSA) is 92.1 Å². The Labute approximate surface area is 137 Å². The Balaban J connectivity index is 1.52. The summed E-state index contributed by atoms with van der Waals surface area (Å²) in [5.41, 5.74) is 2.41. The van der Waals surface area contributed by atoms with Crippen LogP contribution in [-0.4, -0.2) is 25.3 Å². The van der Waals surface area contributed by atoms with Gasteiger partial charge in [0.05, 0.1) is 18.4 Å². The molecule has 3 aromatic rings. The highest BCUT2D eigenvalue weighted by molar-refractivity contribution is 5.93. The van der Waals surface area contributed by atoms with Crippen LogP contribution in [0, 0.1) is 6.92 Å². The molecule has 0 bridgehead atoms. The van der Waals surface area contributed by atoms with E-state index in [2.05, 4.69) is 20.3 Å². The lowest BCUT2D eigenvalue weighted by Crippen LogP contribution is -2.30. The Kier molecular flexibility index (Phi) is 3.41. The second kappa shape index (κ2) is 5.59. The van der Waals surface area contributed by atoms with Crippen LogP contribution in [0.15, 0.2) is 35.5 Å². The van der Waals surface area contributed by atoms with Crippen molar-refractivity contribution in [3.8, 4) is 0 Å². The maximum absolute atomic E-state index is 12.3. The van der Waals surface area contributed by atoms with E-state index in [1.54, 1.807) is 6.20 Å². The molecule has 1 fully saturated rings. The molecule has 0 aliphatic heterocycles. The van der Waals surface area contributed by atoms with Crippen molar-refractivity contribution in [1.82, 2.24) is 24.7 Å². The number of carbonyl (C=O) groups is 1. The maximum atomic E-state index is 12.3. The Bertz CT molecular complexity index is 984. The number of nitrogens with zero attached hydrogens (tertiary/aromatic N) is 3. The number of nitrogens with one attached hydrogen (secondary N) is 2. The fourth-order valence-electron chi connectivity index (χ4n) is 2.73. The average Bonchev–Trinajstić information content (AvgIpc) is 3.34. The zero-order chi connectivity index (χ0) is 16.7. The number of aryl methyl sites for hydroxylation is 1. The molecule has 7 nitrogen and oxygen atoms in total. The molecule has 3 aromatic heterocycles. The van der Waals surface area contributed by atoms with Gasteiger partial charge in [0.1, 0.15) is 17.0 Å². The molecule has 1 amide bonds. The largest absolute Gasteiger partial charge is 0.346 e. The first-order valence-corrected chi connectivity index (χ1v) is 7.92. The molecule has 122 valence electrons. The zero-order valence-corrected chi connectivity index (χ0v) is 13.2. The predicted octanol–water partition coefficient (Wildman–Crippen LogP) is 1.53. The molecule has 7 heteroatoms. The Hall–Kier alpha value is -2.96. The van der Waals surface area contributed by atoms with Crippen molar-refractivity contribution >= 4 is 11.6 Å². The molecule has 0 unspecified atom stereocenters. The molecule has 0 radical (unpaired) electrons. The summed E-state index contributed by atoms with van der Waals surface area (Å²) in [4.78, 5) is 35.6. The van der Waals surface area contributed by atoms with Gasteiger partial charge in [-0.1, -0.05) is 6.07 Å². The first kappa shape index (κ1) is 14.6. The van der Waals surface area contributed by atoms with Gasteiger partial charge >= 0.3 is 0 Å². The summed E-state index contributed by atoms with van der Waals surface area (Å²) in [6, 6.07) is 3.91. The zero-order valence-electron chi connectivity index (χ0n) is 13.2. The number of fused-ring (bicyclic) bond motifs is 1. The number of carbonyl (C=O) groups excluding carboxylic acids is 1. The highest BCUT2D eigenvalue weighted by atomic mass is 16.2. The van der Waals surface area contributed by atoms with E-state index in [0.29, 0.717) is 11.7 Å². The Morgan fingerprint density at radius 3 is 2.96 bits per heavy atom. The predicted molar refractivity (Wildman–Crippen MR) is 87.9 cm³/mol. The third-order valence-corrected chi connectivity index (χ3v) is 4.27. The molecule has 0 atom stereocenters. The van der Waals surface area contributed by atoms with E-state index < -0.39 is 11.5 Å². The molecule has 24 heavy (non-hydrogen) atoms. The van der Waals surface area contributed by atoms with Gasteiger partial charge in [-0.3, -0.25) is 9.59 Å². The van der Waals surface area contributed by atoms with Crippen molar-refractivity contribution in [3.05, 3.63) is 63.7 Å². The van der Waals surface area contributed by atoms with Gasteiger partial charge in [0.2, 0.25) is 0 Å². The van der Waals surface area contributed by atoms with Gasteiger partial charge in [0, 0.05) is 18.3 Å². The summed E-state index contributed by atoms with van der Waals surface area (Å²) in [5, 5.41) is 2.76. The van der Waals surface area contributed by atoms with Gasteiger partial charge < -0.3 is 14.7 Å². The third kappa shape index (κ3) is 2.58. The summed E-state index contributed by atoms with van der Waals surface area (Å²) in [5.74, 6) is 0.582. The van der Waals surface area contributed by atoms with E-state index in [1.807, 2.05) is 29.7 Å². The van der Waals surface area contributed by atoms with E-state index in [1.165, 1.54) is 6.20 Å². The molecule has 3 heterocycles. The van der Waals surface area contributed by atoms with Crippen molar-refractivity contribution in [2.45, 2.75) is 32.2 Å². The van der Waals surface area contributed by atoms with Crippen LogP contribution in [0.1, 0.15) is 46.2 Å². The number of pyridine rings is 1. The molecule has 0 saturated heterocycles. The molecule has 0 spiro atoms. The average molecular weight is 323 g/mol. The van der Waals surface area contributed by atoms with Gasteiger partial charge in [-0.25, -0.2) is 9.97 Å². The molecule has 1 saturated carbocycles. The van der Waals surface area contributed by atoms with Crippen LogP contribution in [0.25, 0.3) is 5.65 Å². The number of aromatic amines is 1. The monoisotopic (exact) mass is 323 g/mol. The van der Waals surface area contributed by atoms with E-state index in [-0.39, 0.29) is 12.1 Å². The highest BCUT2D eigenvalue weighted by Gasteiger charge is 2.26. The number of H-pyrrole nitrogens is 1. The van der Waals surface area contributed by atoms with Crippen LogP contribution in [-0.2, 0) is 6.54 Å². The van der Waals surface area contributed by atoms with Crippen LogP contribution in [0.2, 0.25) is 0 Å². The molecule has 1 aliphatic carbocycles. The Morgan fingerprint density at radius 1 is 1.38 bits per heavy atom. The lowest BCUT2D eigenvalue weighted by molar-refractivity contribution is 0.0948. The van der Waals surface area contributed by atoms with Crippen molar-refractivity contribution in [2.24, 2.45) is 0 Å². The van der Waals surface area contributed by atoms with E-state index in [0.717, 1.165) is 29.7 Å². The highest BCUT2D eigenvalue weighted by Crippen LogP contribution is 2.37. The van der Waals surface area contributed by atoms with Crippen molar-refractivity contribution in [1.29, 1.82) is 0 Å². The van der Waals surface area contributed by atoms with E-state index in [9.17, 15) is 9.59 Å². The van der Waals surface area contributed by atoms with Gasteiger partial charge in [0.25, 0.3) is 11.5 Å². The molecular formula is C17H17N5O2. The number of amides is 1.